The van der Waals surface area contributed by atoms with Crippen molar-refractivity contribution in [2.24, 2.45) is 17.6 Å². The number of nitrogens with zero attached hydrogens (tertiary/aromatic N) is 1. The van der Waals surface area contributed by atoms with Gasteiger partial charge in [0.2, 0.25) is 11.7 Å². The predicted octanol–water partition coefficient (Wildman–Crippen LogP) is 1.86. The average Bonchev–Trinajstić information content (AvgIpc) is 2.86. The fourth-order valence-electron chi connectivity index (χ4n) is 6.07. The molecule has 1 fully saturated rings. The minimum absolute atomic E-state index is 0.00767. The van der Waals surface area contributed by atoms with Crippen LogP contribution in [0.2, 0.25) is 0 Å². The molecule has 0 spiro atoms. The molecule has 1 saturated carbocycles. The summed E-state index contributed by atoms with van der Waals surface area (Å²) in [6.07, 6.45) is -0.287. The third-order valence-corrected chi connectivity index (χ3v) is 7.97. The van der Waals surface area contributed by atoms with Crippen LogP contribution < -0.4 is 10.6 Å². The SMILES string of the molecule is CN(C)c1cc(-c2ccc(C(N)=O)cc2)c(O)c2c1C[C@H]1C[C@H]3CC(=O)C(C(=O)O)=C(O)[C@@]3(O)C(=O)C1=C2O. The number of ketones is 2. The van der Waals surface area contributed by atoms with Crippen molar-refractivity contribution in [2.75, 3.05) is 19.0 Å². The van der Waals surface area contributed by atoms with Crippen LogP contribution in [0.15, 0.2) is 47.2 Å². The van der Waals surface area contributed by atoms with Gasteiger partial charge in [-0.1, -0.05) is 12.1 Å². The highest BCUT2D eigenvalue weighted by molar-refractivity contribution is 6.21. The summed E-state index contributed by atoms with van der Waals surface area (Å²) in [5.41, 5.74) is 3.47. The van der Waals surface area contributed by atoms with Crippen LogP contribution >= 0.6 is 0 Å². The van der Waals surface area contributed by atoms with E-state index in [9.17, 15) is 44.7 Å². The third-order valence-electron chi connectivity index (χ3n) is 7.97. The van der Waals surface area contributed by atoms with E-state index in [1.807, 2.05) is 0 Å². The number of phenolic OH excluding ortho intramolecular Hbond substituents is 1. The first-order valence-electron chi connectivity index (χ1n) is 12.2. The average molecular weight is 535 g/mol. The van der Waals surface area contributed by atoms with Crippen molar-refractivity contribution in [1.29, 1.82) is 0 Å². The number of anilines is 1. The number of phenols is 1. The van der Waals surface area contributed by atoms with E-state index in [1.54, 1.807) is 37.2 Å². The molecule has 0 bridgehead atoms. The molecule has 0 saturated heterocycles. The van der Waals surface area contributed by atoms with Gasteiger partial charge < -0.3 is 36.2 Å². The number of carboxylic acid groups (broad SMARTS) is 1. The lowest BCUT2D eigenvalue weighted by atomic mass is 9.59. The maximum absolute atomic E-state index is 13.7. The van der Waals surface area contributed by atoms with Gasteiger partial charge in [-0.05, 0) is 48.1 Å². The van der Waals surface area contributed by atoms with E-state index in [1.165, 1.54) is 12.1 Å². The van der Waals surface area contributed by atoms with Crippen molar-refractivity contribution in [2.45, 2.75) is 24.9 Å². The minimum Gasteiger partial charge on any atom is -0.508 e. The fraction of sp³-hybridized carbons (Fsp3) is 0.286. The normalized spacial score (nSPS) is 24.2. The van der Waals surface area contributed by atoms with Gasteiger partial charge in [-0.25, -0.2) is 4.79 Å². The van der Waals surface area contributed by atoms with E-state index >= 15 is 0 Å². The van der Waals surface area contributed by atoms with E-state index in [-0.39, 0.29) is 40.9 Å². The molecule has 2 aromatic rings. The number of carbonyl (C=O) groups is 4. The number of carboxylic acids is 1. The summed E-state index contributed by atoms with van der Waals surface area (Å²) in [4.78, 5) is 51.0. The Labute approximate surface area is 222 Å². The Balaban J connectivity index is 1.73. The molecule has 0 unspecified atom stereocenters. The standard InChI is InChI=1S/C28H26N2O9/c1-30(2)17-10-15(11-3-5-12(6-4-11)26(29)36)22(32)20-16(17)8-13-7-14-9-18(31)21(27(37)38)25(35)28(14,39)24(34)19(13)23(20)33/h3-6,10,13-14,32-33,35,39H,7-9H2,1-2H3,(H2,29,36)(H,37,38)/t13-,14+,28+/m1/s1. The number of rotatable bonds is 4. The summed E-state index contributed by atoms with van der Waals surface area (Å²) in [6.45, 7) is 0. The molecule has 2 aromatic carbocycles. The number of Topliss-reactive ketones (excluding diaryl/α,β-unsaturated/α-hetero) is 2. The Kier molecular flexibility index (Phi) is 5.80. The molecule has 11 nitrogen and oxygen atoms in total. The van der Waals surface area contributed by atoms with Gasteiger partial charge in [-0.3, -0.25) is 14.4 Å². The van der Waals surface area contributed by atoms with Gasteiger partial charge >= 0.3 is 5.97 Å². The zero-order chi connectivity index (χ0) is 28.5. The van der Waals surface area contributed by atoms with Crippen LogP contribution in [0.5, 0.6) is 5.75 Å². The van der Waals surface area contributed by atoms with Crippen LogP contribution in [0.3, 0.4) is 0 Å². The van der Waals surface area contributed by atoms with Gasteiger partial charge in [0.1, 0.15) is 17.1 Å². The molecule has 39 heavy (non-hydrogen) atoms. The molecule has 0 aliphatic heterocycles. The highest BCUT2D eigenvalue weighted by atomic mass is 16.4. The van der Waals surface area contributed by atoms with Crippen molar-refractivity contribution in [3.05, 3.63) is 63.9 Å². The van der Waals surface area contributed by atoms with Gasteiger partial charge in [0, 0.05) is 48.8 Å². The maximum atomic E-state index is 13.7. The number of aliphatic hydroxyl groups excluding tert-OH is 2. The summed E-state index contributed by atoms with van der Waals surface area (Å²) in [5.74, 6) is -8.36. The van der Waals surface area contributed by atoms with Gasteiger partial charge in [0.25, 0.3) is 0 Å². The van der Waals surface area contributed by atoms with E-state index in [4.69, 9.17) is 5.73 Å². The molecule has 0 aromatic heterocycles. The van der Waals surface area contributed by atoms with E-state index in [0.717, 1.165) is 0 Å². The molecule has 11 heteroatoms. The number of hydrogen-bond donors (Lipinski definition) is 6. The van der Waals surface area contributed by atoms with E-state index in [0.29, 0.717) is 16.8 Å². The van der Waals surface area contributed by atoms with Crippen molar-refractivity contribution in [3.63, 3.8) is 0 Å². The zero-order valence-electron chi connectivity index (χ0n) is 21.1. The first-order chi connectivity index (χ1) is 18.3. The summed E-state index contributed by atoms with van der Waals surface area (Å²) < 4.78 is 0. The van der Waals surface area contributed by atoms with Gasteiger partial charge in [0.15, 0.2) is 17.1 Å². The molecule has 3 atom stereocenters. The van der Waals surface area contributed by atoms with Gasteiger partial charge in [-0.2, -0.15) is 0 Å². The lowest BCUT2D eigenvalue weighted by molar-refractivity contribution is -0.149. The summed E-state index contributed by atoms with van der Waals surface area (Å²) >= 11 is 0. The molecular formula is C28H26N2O9. The number of nitrogens with two attached hydrogens (primary N) is 1. The quantitative estimate of drug-likeness (QED) is 0.315. The van der Waals surface area contributed by atoms with Crippen LogP contribution in [0.25, 0.3) is 16.9 Å². The van der Waals surface area contributed by atoms with Crippen molar-refractivity contribution in [3.8, 4) is 16.9 Å². The number of amides is 1. The predicted molar refractivity (Wildman–Crippen MR) is 138 cm³/mol. The fourth-order valence-corrected chi connectivity index (χ4v) is 6.07. The third kappa shape index (κ3) is 3.61. The highest BCUT2D eigenvalue weighted by Gasteiger charge is 2.60. The van der Waals surface area contributed by atoms with Crippen LogP contribution in [-0.4, -0.2) is 68.7 Å². The van der Waals surface area contributed by atoms with E-state index < -0.39 is 64.4 Å². The Bertz CT molecular complexity index is 1550. The molecule has 202 valence electrons. The number of aliphatic hydroxyl groups is 3. The smallest absolute Gasteiger partial charge is 0.342 e. The number of hydrogen-bond acceptors (Lipinski definition) is 9. The molecule has 3 aliphatic rings. The number of aliphatic carboxylic acids is 1. The first kappa shape index (κ1) is 26.0. The zero-order valence-corrected chi connectivity index (χ0v) is 21.1. The van der Waals surface area contributed by atoms with Gasteiger partial charge in [0.05, 0.1) is 5.56 Å². The van der Waals surface area contributed by atoms with Crippen LogP contribution in [0.4, 0.5) is 5.69 Å². The van der Waals surface area contributed by atoms with Crippen LogP contribution in [-0.2, 0) is 20.8 Å². The monoisotopic (exact) mass is 534 g/mol. The Morgan fingerprint density at radius 2 is 1.69 bits per heavy atom. The molecular weight excluding hydrogens is 508 g/mol. The summed E-state index contributed by atoms with van der Waals surface area (Å²) in [5, 5.41) is 54.2. The lowest BCUT2D eigenvalue weighted by Crippen LogP contribution is -2.58. The number of primary amides is 1. The highest BCUT2D eigenvalue weighted by Crippen LogP contribution is 2.54. The van der Waals surface area contributed by atoms with E-state index in [2.05, 4.69) is 0 Å². The summed E-state index contributed by atoms with van der Waals surface area (Å²) in [6, 6.07) is 7.83. The topological polar surface area (TPSA) is 199 Å². The second kappa shape index (κ2) is 8.70. The lowest BCUT2D eigenvalue weighted by Gasteiger charge is -2.46. The largest absolute Gasteiger partial charge is 0.508 e. The molecule has 0 radical (unpaired) electrons. The number of benzene rings is 2. The Morgan fingerprint density at radius 3 is 2.26 bits per heavy atom. The molecule has 5 rings (SSSR count). The second-order valence-electron chi connectivity index (χ2n) is 10.3. The molecule has 7 N–H and O–H groups in total. The maximum Gasteiger partial charge on any atom is 0.342 e. The number of fused-ring (bicyclic) bond motifs is 3. The number of carbonyl (C=O) groups excluding carboxylic acids is 3. The van der Waals surface area contributed by atoms with Crippen LogP contribution in [0.1, 0.15) is 34.3 Å². The molecule has 3 aliphatic carbocycles. The molecule has 0 heterocycles. The van der Waals surface area contributed by atoms with Crippen molar-refractivity contribution in [1.82, 2.24) is 0 Å². The van der Waals surface area contributed by atoms with Gasteiger partial charge in [-0.15, -0.1) is 0 Å². The molecule has 1 amide bonds. The van der Waals surface area contributed by atoms with Crippen molar-refractivity contribution >= 4 is 34.9 Å². The minimum atomic E-state index is -2.71. The Hall–Kier alpha value is -4.64. The summed E-state index contributed by atoms with van der Waals surface area (Å²) in [7, 11) is 3.54. The first-order valence-corrected chi connectivity index (χ1v) is 12.2. The second-order valence-corrected chi connectivity index (χ2v) is 10.3. The van der Waals surface area contributed by atoms with Crippen LogP contribution in [0, 0.1) is 11.8 Å². The van der Waals surface area contributed by atoms with Crippen molar-refractivity contribution < 1.29 is 44.7 Å². The number of aromatic hydroxyl groups is 1. The Morgan fingerprint density at radius 1 is 1.05 bits per heavy atom.